The maximum Gasteiger partial charge on any atom is 0.123 e. The SMILES string of the molecule is CCNCC(c1cccc(F)c1)C1CCCCCC1. The van der Waals surface area contributed by atoms with Crippen molar-refractivity contribution in [2.45, 2.75) is 51.4 Å². The molecular formula is C17H26FN. The molecule has 0 spiro atoms. The molecule has 2 heteroatoms. The number of likely N-dealkylation sites (N-methyl/N-ethyl adjacent to an activating group) is 1. The number of rotatable bonds is 5. The van der Waals surface area contributed by atoms with Gasteiger partial charge in [-0.25, -0.2) is 4.39 Å². The van der Waals surface area contributed by atoms with Gasteiger partial charge in [-0.15, -0.1) is 0 Å². The van der Waals surface area contributed by atoms with Crippen LogP contribution in [0.25, 0.3) is 0 Å². The van der Waals surface area contributed by atoms with E-state index in [1.54, 1.807) is 12.1 Å². The number of halogens is 1. The van der Waals surface area contributed by atoms with Crippen LogP contribution in [0.15, 0.2) is 24.3 Å². The van der Waals surface area contributed by atoms with Crippen molar-refractivity contribution in [3.05, 3.63) is 35.6 Å². The zero-order valence-corrected chi connectivity index (χ0v) is 12.0. The molecule has 1 aliphatic carbocycles. The molecule has 0 aromatic heterocycles. The largest absolute Gasteiger partial charge is 0.316 e. The summed E-state index contributed by atoms with van der Waals surface area (Å²) in [6.07, 6.45) is 8.01. The first-order chi connectivity index (χ1) is 9.31. The van der Waals surface area contributed by atoms with E-state index in [9.17, 15) is 4.39 Å². The summed E-state index contributed by atoms with van der Waals surface area (Å²) in [4.78, 5) is 0. The van der Waals surface area contributed by atoms with E-state index in [4.69, 9.17) is 0 Å². The molecule has 1 saturated carbocycles. The average Bonchev–Trinajstić information content (AvgIpc) is 2.68. The molecule has 1 unspecified atom stereocenters. The summed E-state index contributed by atoms with van der Waals surface area (Å²) in [5, 5.41) is 3.46. The highest BCUT2D eigenvalue weighted by atomic mass is 19.1. The second-order valence-corrected chi connectivity index (χ2v) is 5.72. The molecule has 19 heavy (non-hydrogen) atoms. The van der Waals surface area contributed by atoms with Gasteiger partial charge in [-0.1, -0.05) is 44.7 Å². The summed E-state index contributed by atoms with van der Waals surface area (Å²) in [5.74, 6) is 1.07. The Balaban J connectivity index is 2.13. The van der Waals surface area contributed by atoms with E-state index in [2.05, 4.69) is 18.3 Å². The Morgan fingerprint density at radius 1 is 1.21 bits per heavy atom. The average molecular weight is 263 g/mol. The number of hydrogen-bond acceptors (Lipinski definition) is 1. The minimum Gasteiger partial charge on any atom is -0.316 e. The van der Waals surface area contributed by atoms with Gasteiger partial charge in [0.05, 0.1) is 0 Å². The molecule has 1 aromatic rings. The topological polar surface area (TPSA) is 12.0 Å². The minimum absolute atomic E-state index is 0.104. The molecule has 1 fully saturated rings. The normalized spacial score (nSPS) is 19.1. The Hall–Kier alpha value is -0.890. The first kappa shape index (κ1) is 14.5. The third-order valence-electron chi connectivity index (χ3n) is 4.36. The van der Waals surface area contributed by atoms with Gasteiger partial charge >= 0.3 is 0 Å². The van der Waals surface area contributed by atoms with Crippen LogP contribution in [-0.4, -0.2) is 13.1 Å². The Morgan fingerprint density at radius 3 is 2.58 bits per heavy atom. The lowest BCUT2D eigenvalue weighted by molar-refractivity contribution is 0.362. The van der Waals surface area contributed by atoms with Crippen LogP contribution in [0.3, 0.4) is 0 Å². The first-order valence-corrected chi connectivity index (χ1v) is 7.77. The molecule has 0 radical (unpaired) electrons. The van der Waals surface area contributed by atoms with E-state index in [1.165, 1.54) is 44.1 Å². The molecule has 0 bridgehead atoms. The zero-order chi connectivity index (χ0) is 13.5. The van der Waals surface area contributed by atoms with Gasteiger partial charge in [0.1, 0.15) is 5.82 Å². The van der Waals surface area contributed by atoms with Crippen molar-refractivity contribution in [3.8, 4) is 0 Å². The van der Waals surface area contributed by atoms with Crippen LogP contribution in [0.2, 0.25) is 0 Å². The lowest BCUT2D eigenvalue weighted by atomic mass is 9.81. The van der Waals surface area contributed by atoms with E-state index in [-0.39, 0.29) is 5.82 Å². The van der Waals surface area contributed by atoms with E-state index < -0.39 is 0 Å². The van der Waals surface area contributed by atoms with Crippen molar-refractivity contribution in [2.24, 2.45) is 5.92 Å². The van der Waals surface area contributed by atoms with Crippen molar-refractivity contribution in [2.75, 3.05) is 13.1 Å². The molecule has 0 aliphatic heterocycles. The summed E-state index contributed by atoms with van der Waals surface area (Å²) in [6, 6.07) is 7.21. The fourth-order valence-corrected chi connectivity index (χ4v) is 3.31. The molecule has 1 aliphatic rings. The van der Waals surface area contributed by atoms with Crippen LogP contribution in [0, 0.1) is 11.7 Å². The monoisotopic (exact) mass is 263 g/mol. The maximum absolute atomic E-state index is 13.5. The molecule has 1 atom stereocenters. The highest BCUT2D eigenvalue weighted by Crippen LogP contribution is 2.35. The third-order valence-corrected chi connectivity index (χ3v) is 4.36. The van der Waals surface area contributed by atoms with Gasteiger partial charge < -0.3 is 5.32 Å². The van der Waals surface area contributed by atoms with Crippen LogP contribution >= 0.6 is 0 Å². The molecule has 1 aromatic carbocycles. The molecule has 106 valence electrons. The molecule has 1 nitrogen and oxygen atoms in total. The van der Waals surface area contributed by atoms with Crippen molar-refractivity contribution in [3.63, 3.8) is 0 Å². The van der Waals surface area contributed by atoms with E-state index in [1.807, 2.05) is 6.07 Å². The van der Waals surface area contributed by atoms with Crippen LogP contribution in [-0.2, 0) is 0 Å². The fraction of sp³-hybridized carbons (Fsp3) is 0.647. The van der Waals surface area contributed by atoms with Crippen LogP contribution in [0.1, 0.15) is 56.9 Å². The Kier molecular flexibility index (Phi) is 5.84. The summed E-state index contributed by atoms with van der Waals surface area (Å²) in [7, 11) is 0. The van der Waals surface area contributed by atoms with Crippen LogP contribution in [0.4, 0.5) is 4.39 Å². The van der Waals surface area contributed by atoms with Gasteiger partial charge in [0.2, 0.25) is 0 Å². The van der Waals surface area contributed by atoms with Gasteiger partial charge in [0, 0.05) is 6.54 Å². The summed E-state index contributed by atoms with van der Waals surface area (Å²) in [5.41, 5.74) is 1.17. The third kappa shape index (κ3) is 4.31. The first-order valence-electron chi connectivity index (χ1n) is 7.77. The van der Waals surface area contributed by atoms with Crippen molar-refractivity contribution < 1.29 is 4.39 Å². The minimum atomic E-state index is -0.104. The van der Waals surface area contributed by atoms with Crippen LogP contribution in [0.5, 0.6) is 0 Å². The molecule has 2 rings (SSSR count). The van der Waals surface area contributed by atoms with E-state index in [0.29, 0.717) is 11.8 Å². The Bertz CT molecular complexity index is 369. The van der Waals surface area contributed by atoms with Crippen molar-refractivity contribution in [1.82, 2.24) is 5.32 Å². The smallest absolute Gasteiger partial charge is 0.123 e. The molecule has 1 N–H and O–H groups in total. The van der Waals surface area contributed by atoms with Gasteiger partial charge in [-0.3, -0.25) is 0 Å². The van der Waals surface area contributed by atoms with E-state index >= 15 is 0 Å². The highest BCUT2D eigenvalue weighted by Gasteiger charge is 2.24. The molecule has 0 saturated heterocycles. The molecular weight excluding hydrogens is 237 g/mol. The molecule has 0 amide bonds. The maximum atomic E-state index is 13.5. The van der Waals surface area contributed by atoms with Crippen LogP contribution < -0.4 is 5.32 Å². The lowest BCUT2D eigenvalue weighted by Gasteiger charge is -2.27. The zero-order valence-electron chi connectivity index (χ0n) is 12.0. The predicted molar refractivity (Wildman–Crippen MR) is 78.9 cm³/mol. The fourth-order valence-electron chi connectivity index (χ4n) is 3.31. The van der Waals surface area contributed by atoms with Gasteiger partial charge in [0.25, 0.3) is 0 Å². The van der Waals surface area contributed by atoms with E-state index in [0.717, 1.165) is 13.1 Å². The predicted octanol–water partition coefficient (Wildman–Crippen LogP) is 4.49. The number of benzene rings is 1. The van der Waals surface area contributed by atoms with Gasteiger partial charge in [-0.05, 0) is 48.9 Å². The second kappa shape index (κ2) is 7.64. The summed E-state index contributed by atoms with van der Waals surface area (Å²) >= 11 is 0. The summed E-state index contributed by atoms with van der Waals surface area (Å²) < 4.78 is 13.5. The second-order valence-electron chi connectivity index (χ2n) is 5.72. The number of hydrogen-bond donors (Lipinski definition) is 1. The van der Waals surface area contributed by atoms with Crippen molar-refractivity contribution in [1.29, 1.82) is 0 Å². The summed E-state index contributed by atoms with van der Waals surface area (Å²) in [6.45, 7) is 4.10. The quantitative estimate of drug-likeness (QED) is 0.772. The van der Waals surface area contributed by atoms with Gasteiger partial charge in [0.15, 0.2) is 0 Å². The van der Waals surface area contributed by atoms with Gasteiger partial charge in [-0.2, -0.15) is 0 Å². The van der Waals surface area contributed by atoms with Crippen molar-refractivity contribution >= 4 is 0 Å². The Labute approximate surface area is 116 Å². The number of nitrogens with one attached hydrogen (secondary N) is 1. The lowest BCUT2D eigenvalue weighted by Crippen LogP contribution is -2.26. The highest BCUT2D eigenvalue weighted by molar-refractivity contribution is 5.22. The molecule has 0 heterocycles. The Morgan fingerprint density at radius 2 is 1.95 bits per heavy atom. The standard InChI is InChI=1S/C17H26FN/c1-2-19-13-17(14-8-5-3-4-6-9-14)15-10-7-11-16(18)12-15/h7,10-12,14,17,19H,2-6,8-9,13H2,1H3.